The lowest BCUT2D eigenvalue weighted by atomic mass is 9.98. The van der Waals surface area contributed by atoms with Gasteiger partial charge in [0.15, 0.2) is 0 Å². The number of carbonyl (C=O) groups is 4. The zero-order chi connectivity index (χ0) is 33.2. The van der Waals surface area contributed by atoms with E-state index < -0.39 is 53.2 Å². The summed E-state index contributed by atoms with van der Waals surface area (Å²) in [5, 5.41) is 15.5. The molecule has 2 aromatic rings. The highest BCUT2D eigenvalue weighted by Crippen LogP contribution is 2.26. The van der Waals surface area contributed by atoms with Gasteiger partial charge in [-0.05, 0) is 84.1 Å². The van der Waals surface area contributed by atoms with E-state index in [0.717, 1.165) is 5.56 Å². The fraction of sp³-hybridized carbons (Fsp3) is 0.529. The van der Waals surface area contributed by atoms with E-state index in [4.69, 9.17) is 9.47 Å². The van der Waals surface area contributed by atoms with Gasteiger partial charge in [0.2, 0.25) is 11.8 Å². The van der Waals surface area contributed by atoms with Crippen LogP contribution in [0.4, 0.5) is 4.79 Å². The molecule has 3 atom stereocenters. The molecule has 0 aliphatic carbocycles. The molecule has 0 radical (unpaired) electrons. The average Bonchev–Trinajstić information content (AvgIpc) is 2.89. The van der Waals surface area contributed by atoms with Gasteiger partial charge in [-0.15, -0.1) is 0 Å². The third-order valence-electron chi connectivity index (χ3n) is 6.38. The molecule has 0 fully saturated rings. The Morgan fingerprint density at radius 3 is 1.89 bits per heavy atom. The Morgan fingerprint density at radius 2 is 1.39 bits per heavy atom. The molecular weight excluding hydrogens is 562 g/mol. The Hall–Kier alpha value is -4.08. The van der Waals surface area contributed by atoms with E-state index >= 15 is 0 Å². The number of likely N-dealkylation sites (N-methyl/N-ethyl adjacent to an activating group) is 1. The normalized spacial score (nSPS) is 13.8. The highest BCUT2D eigenvalue weighted by molar-refractivity contribution is 5.94. The van der Waals surface area contributed by atoms with Crippen molar-refractivity contribution in [2.45, 2.75) is 104 Å². The second kappa shape index (κ2) is 15.6. The molecule has 10 heteroatoms. The molecular formula is C34H49N3O7. The Balaban J connectivity index is 2.52. The molecule has 3 unspecified atom stereocenters. The summed E-state index contributed by atoms with van der Waals surface area (Å²) in [5.74, 6) is -1.70. The number of benzene rings is 2. The number of rotatable bonds is 12. The van der Waals surface area contributed by atoms with Crippen LogP contribution < -0.4 is 10.6 Å². The van der Waals surface area contributed by atoms with Crippen molar-refractivity contribution in [3.8, 4) is 5.75 Å². The monoisotopic (exact) mass is 611 g/mol. The minimum atomic E-state index is -1.19. The fourth-order valence-corrected chi connectivity index (χ4v) is 4.60. The summed E-state index contributed by atoms with van der Waals surface area (Å²) in [6, 6.07) is 12.0. The molecule has 0 spiro atoms. The van der Waals surface area contributed by atoms with Crippen molar-refractivity contribution < 1.29 is 33.8 Å². The zero-order valence-electron chi connectivity index (χ0n) is 27.5. The molecule has 44 heavy (non-hydrogen) atoms. The number of nitrogens with one attached hydrogen (secondary N) is 2. The predicted molar refractivity (Wildman–Crippen MR) is 169 cm³/mol. The Labute approximate surface area is 261 Å². The van der Waals surface area contributed by atoms with Crippen molar-refractivity contribution in [1.29, 1.82) is 0 Å². The number of alkyl carbamates (subject to hydrolysis) is 1. The predicted octanol–water partition coefficient (Wildman–Crippen LogP) is 5.29. The SMILES string of the molecule is CCN(C(=O)C(CC(C)C)NC(=O)OC(C)(C)C)C(C(=O)NC(Cc1ccccc1)C(=O)OC(C)(C)C)c1ccc(O)cc1. The average molecular weight is 612 g/mol. The van der Waals surface area contributed by atoms with Gasteiger partial charge >= 0.3 is 12.1 Å². The fourth-order valence-electron chi connectivity index (χ4n) is 4.60. The molecule has 0 aliphatic rings. The number of hydrogen-bond acceptors (Lipinski definition) is 7. The number of carbonyl (C=O) groups excluding carboxylic acids is 4. The van der Waals surface area contributed by atoms with Crippen molar-refractivity contribution in [3.05, 3.63) is 65.7 Å². The van der Waals surface area contributed by atoms with Gasteiger partial charge in [-0.1, -0.05) is 56.3 Å². The van der Waals surface area contributed by atoms with E-state index in [1.807, 2.05) is 44.2 Å². The largest absolute Gasteiger partial charge is 0.508 e. The Kier molecular flexibility index (Phi) is 12.8. The lowest BCUT2D eigenvalue weighted by Crippen LogP contribution is -2.55. The van der Waals surface area contributed by atoms with Gasteiger partial charge in [-0.25, -0.2) is 9.59 Å². The summed E-state index contributed by atoms with van der Waals surface area (Å²) >= 11 is 0. The van der Waals surface area contributed by atoms with E-state index in [9.17, 15) is 24.3 Å². The van der Waals surface area contributed by atoms with Crippen LogP contribution in [0, 0.1) is 5.92 Å². The highest BCUT2D eigenvalue weighted by Gasteiger charge is 2.38. The third kappa shape index (κ3) is 11.9. The van der Waals surface area contributed by atoms with Crippen LogP contribution in [-0.2, 0) is 30.3 Å². The van der Waals surface area contributed by atoms with Crippen molar-refractivity contribution in [1.82, 2.24) is 15.5 Å². The van der Waals surface area contributed by atoms with Crippen molar-refractivity contribution >= 4 is 23.9 Å². The van der Waals surface area contributed by atoms with Gasteiger partial charge < -0.3 is 30.1 Å². The lowest BCUT2D eigenvalue weighted by molar-refractivity contribution is -0.159. The van der Waals surface area contributed by atoms with Crippen LogP contribution in [0.15, 0.2) is 54.6 Å². The number of nitrogens with zero attached hydrogens (tertiary/aromatic N) is 1. The first kappa shape index (κ1) is 36.1. The minimum Gasteiger partial charge on any atom is -0.508 e. The molecule has 2 aromatic carbocycles. The number of hydrogen-bond donors (Lipinski definition) is 3. The molecule has 3 amide bonds. The number of phenols is 1. The van der Waals surface area contributed by atoms with Crippen LogP contribution in [0.5, 0.6) is 5.75 Å². The van der Waals surface area contributed by atoms with E-state index in [1.54, 1.807) is 60.6 Å². The van der Waals surface area contributed by atoms with Crippen molar-refractivity contribution in [2.75, 3.05) is 6.54 Å². The van der Waals surface area contributed by atoms with Crippen molar-refractivity contribution in [2.24, 2.45) is 5.92 Å². The molecule has 0 bridgehead atoms. The summed E-state index contributed by atoms with van der Waals surface area (Å²) in [4.78, 5) is 55.7. The summed E-state index contributed by atoms with van der Waals surface area (Å²) < 4.78 is 11.1. The Bertz CT molecular complexity index is 1250. The molecule has 2 rings (SSSR count). The maximum absolute atomic E-state index is 14.2. The van der Waals surface area contributed by atoms with Gasteiger partial charge in [0, 0.05) is 13.0 Å². The standard InChI is InChI=1S/C34H49N3O7/c1-10-37(30(40)26(20-22(2)3)36-32(42)44-34(7,8)9)28(24-16-18-25(38)19-17-24)29(39)35-27(31(41)43-33(4,5)6)21-23-14-12-11-13-15-23/h11-19,22,26-28,38H,10,20-21H2,1-9H3,(H,35,39)(H,36,42). The van der Waals surface area contributed by atoms with E-state index in [1.165, 1.54) is 17.0 Å². The van der Waals surface area contributed by atoms with Crippen LogP contribution in [-0.4, -0.2) is 63.7 Å². The number of ether oxygens (including phenoxy) is 2. The van der Waals surface area contributed by atoms with Crippen molar-refractivity contribution in [3.63, 3.8) is 0 Å². The number of aromatic hydroxyl groups is 1. The number of esters is 1. The second-order valence-corrected chi connectivity index (χ2v) is 13.2. The van der Waals surface area contributed by atoms with E-state index in [0.29, 0.717) is 12.0 Å². The van der Waals surface area contributed by atoms with Crippen LogP contribution in [0.3, 0.4) is 0 Å². The van der Waals surface area contributed by atoms with E-state index in [2.05, 4.69) is 10.6 Å². The molecule has 0 saturated carbocycles. The van der Waals surface area contributed by atoms with E-state index in [-0.39, 0.29) is 24.6 Å². The molecule has 0 saturated heterocycles. The van der Waals surface area contributed by atoms with Gasteiger partial charge in [-0.2, -0.15) is 0 Å². The van der Waals surface area contributed by atoms with Crippen LogP contribution in [0.2, 0.25) is 0 Å². The summed E-state index contributed by atoms with van der Waals surface area (Å²) in [7, 11) is 0. The minimum absolute atomic E-state index is 0.0118. The van der Waals surface area contributed by atoms with Gasteiger partial charge in [0.25, 0.3) is 0 Å². The summed E-state index contributed by atoms with van der Waals surface area (Å²) in [6.45, 7) is 16.1. The number of amides is 3. The van der Waals surface area contributed by atoms with Crippen LogP contribution in [0.25, 0.3) is 0 Å². The van der Waals surface area contributed by atoms with Crippen LogP contribution in [0.1, 0.15) is 85.9 Å². The second-order valence-electron chi connectivity index (χ2n) is 13.2. The quantitative estimate of drug-likeness (QED) is 0.278. The van der Waals surface area contributed by atoms with Crippen LogP contribution >= 0.6 is 0 Å². The molecule has 3 N–H and O–H groups in total. The first-order valence-corrected chi connectivity index (χ1v) is 15.1. The molecule has 0 heterocycles. The summed E-state index contributed by atoms with van der Waals surface area (Å²) in [6.07, 6.45) is -0.279. The smallest absolute Gasteiger partial charge is 0.408 e. The topological polar surface area (TPSA) is 134 Å². The first-order chi connectivity index (χ1) is 20.4. The highest BCUT2D eigenvalue weighted by atomic mass is 16.6. The maximum atomic E-state index is 14.2. The van der Waals surface area contributed by atoms with Gasteiger partial charge in [-0.3, -0.25) is 9.59 Å². The molecule has 10 nitrogen and oxygen atoms in total. The Morgan fingerprint density at radius 1 is 0.818 bits per heavy atom. The molecule has 242 valence electrons. The first-order valence-electron chi connectivity index (χ1n) is 15.1. The summed E-state index contributed by atoms with van der Waals surface area (Å²) in [5.41, 5.74) is -0.342. The zero-order valence-corrected chi connectivity index (χ0v) is 27.5. The van der Waals surface area contributed by atoms with Gasteiger partial charge in [0.05, 0.1) is 0 Å². The lowest BCUT2D eigenvalue weighted by Gasteiger charge is -2.35. The molecule has 0 aromatic heterocycles. The van der Waals surface area contributed by atoms with Gasteiger partial charge in [0.1, 0.15) is 35.1 Å². The number of phenolic OH excluding ortho intramolecular Hbond substituents is 1. The maximum Gasteiger partial charge on any atom is 0.408 e. The molecule has 0 aliphatic heterocycles. The third-order valence-corrected chi connectivity index (χ3v) is 6.38.